The lowest BCUT2D eigenvalue weighted by Gasteiger charge is -2.38. The molecule has 2 saturated heterocycles. The van der Waals surface area contributed by atoms with E-state index in [1.807, 2.05) is 6.92 Å². The molecule has 0 aliphatic carbocycles. The molecule has 2 aromatic carbocycles. The number of carbonyl (C=O) groups excluding carboxylic acids is 1. The molecule has 0 saturated carbocycles. The molecule has 0 aromatic heterocycles. The van der Waals surface area contributed by atoms with Gasteiger partial charge in [0.25, 0.3) is 5.91 Å². The van der Waals surface area contributed by atoms with Gasteiger partial charge in [-0.2, -0.15) is 18.4 Å². The molecule has 43 heavy (non-hydrogen) atoms. The molecule has 2 aliphatic heterocycles. The second-order valence-electron chi connectivity index (χ2n) is 10.9. The van der Waals surface area contributed by atoms with E-state index in [2.05, 4.69) is 4.90 Å². The van der Waals surface area contributed by atoms with Crippen LogP contribution < -0.4 is 14.5 Å². The van der Waals surface area contributed by atoms with Crippen LogP contribution in [0.1, 0.15) is 37.5 Å². The fraction of sp³-hybridized carbons (Fsp3) is 0.448. The molecule has 4 rings (SSSR count). The van der Waals surface area contributed by atoms with E-state index in [0.717, 1.165) is 17.0 Å². The summed E-state index contributed by atoms with van der Waals surface area (Å²) in [4.78, 5) is 30.8. The maximum absolute atomic E-state index is 13.6. The quantitative estimate of drug-likeness (QED) is 0.322. The van der Waals surface area contributed by atoms with Crippen molar-refractivity contribution in [3.8, 4) is 11.8 Å². The number of rotatable bonds is 8. The van der Waals surface area contributed by atoms with Crippen LogP contribution in [0.15, 0.2) is 36.4 Å². The first-order chi connectivity index (χ1) is 20.2. The predicted molar refractivity (Wildman–Crippen MR) is 155 cm³/mol. The number of anilines is 2. The Morgan fingerprint density at radius 1 is 1.19 bits per heavy atom. The molecule has 2 fully saturated rings. The van der Waals surface area contributed by atoms with Gasteiger partial charge in [-0.05, 0) is 75.0 Å². The van der Waals surface area contributed by atoms with Crippen LogP contribution in [0.3, 0.4) is 0 Å². The zero-order valence-electron chi connectivity index (χ0n) is 23.8. The van der Waals surface area contributed by atoms with Crippen molar-refractivity contribution in [1.82, 2.24) is 9.80 Å². The summed E-state index contributed by atoms with van der Waals surface area (Å²) in [5.41, 5.74) is -2.22. The number of piperazine rings is 1. The molecular weight excluding hydrogens is 590 g/mol. The predicted octanol–water partition coefficient (Wildman–Crippen LogP) is 5.07. The standard InChI is InChI=1S/C29H31F4N5O4S/c1-18-17-35(10-11-36(18)27(40)41)12-13-42-24-7-6-22(14-19(24)8-9-30)38-26(43)37(25(39)28(38,2)3)21-5-4-20(16-34)23(15-21)29(31,32)33/h4-7,14-15,18H,8-13,17H2,1-3H3,(H,40,41). The third-order valence-electron chi connectivity index (χ3n) is 7.64. The van der Waals surface area contributed by atoms with Crippen LogP contribution in [-0.4, -0.2) is 83.1 Å². The molecule has 0 radical (unpaired) electrons. The lowest BCUT2D eigenvalue weighted by atomic mass is 10.0. The number of halogens is 4. The number of hydrogen-bond acceptors (Lipinski definition) is 6. The van der Waals surface area contributed by atoms with E-state index in [0.29, 0.717) is 43.2 Å². The highest BCUT2D eigenvalue weighted by molar-refractivity contribution is 7.81. The highest BCUT2D eigenvalue weighted by Gasteiger charge is 2.51. The van der Waals surface area contributed by atoms with Crippen LogP contribution in [0.2, 0.25) is 0 Å². The number of nitriles is 1. The molecular formula is C29H31F4N5O4S. The normalized spacial score (nSPS) is 19.1. The average molecular weight is 622 g/mol. The molecule has 1 N–H and O–H groups in total. The van der Waals surface area contributed by atoms with Crippen molar-refractivity contribution in [3.63, 3.8) is 0 Å². The van der Waals surface area contributed by atoms with Crippen molar-refractivity contribution in [3.05, 3.63) is 53.1 Å². The minimum atomic E-state index is -4.82. The Balaban J connectivity index is 1.55. The van der Waals surface area contributed by atoms with Crippen LogP contribution in [-0.2, 0) is 17.4 Å². The van der Waals surface area contributed by atoms with Crippen molar-refractivity contribution in [2.24, 2.45) is 0 Å². The average Bonchev–Trinajstić information content (AvgIpc) is 3.11. The van der Waals surface area contributed by atoms with Gasteiger partial charge in [0, 0.05) is 44.3 Å². The molecule has 2 amide bonds. The zero-order valence-corrected chi connectivity index (χ0v) is 24.6. The van der Waals surface area contributed by atoms with Crippen LogP contribution in [0.4, 0.5) is 33.7 Å². The summed E-state index contributed by atoms with van der Waals surface area (Å²) in [5.74, 6) is -0.133. The van der Waals surface area contributed by atoms with E-state index in [-0.39, 0.29) is 29.9 Å². The summed E-state index contributed by atoms with van der Waals surface area (Å²) in [6.45, 7) is 6.64. The van der Waals surface area contributed by atoms with Crippen molar-refractivity contribution in [2.75, 3.05) is 49.3 Å². The Bertz CT molecular complexity index is 1460. The maximum atomic E-state index is 13.6. The highest BCUT2D eigenvalue weighted by Crippen LogP contribution is 2.40. The number of amides is 2. The summed E-state index contributed by atoms with van der Waals surface area (Å²) in [6, 6.07) is 9.27. The van der Waals surface area contributed by atoms with E-state index in [1.165, 1.54) is 21.9 Å². The molecule has 9 nitrogen and oxygen atoms in total. The third-order valence-corrected chi connectivity index (χ3v) is 8.01. The van der Waals surface area contributed by atoms with E-state index in [1.54, 1.807) is 32.0 Å². The lowest BCUT2D eigenvalue weighted by Crippen LogP contribution is -2.54. The fourth-order valence-corrected chi connectivity index (χ4v) is 5.93. The van der Waals surface area contributed by atoms with Gasteiger partial charge in [-0.25, -0.2) is 4.79 Å². The molecule has 2 heterocycles. The van der Waals surface area contributed by atoms with Gasteiger partial charge in [-0.3, -0.25) is 19.0 Å². The summed E-state index contributed by atoms with van der Waals surface area (Å²) in [7, 11) is 0. The topological polar surface area (TPSA) is 100 Å². The number of benzene rings is 2. The monoisotopic (exact) mass is 621 g/mol. The number of nitrogens with zero attached hydrogens (tertiary/aromatic N) is 5. The van der Waals surface area contributed by atoms with Gasteiger partial charge in [0.2, 0.25) is 0 Å². The lowest BCUT2D eigenvalue weighted by molar-refractivity contribution is -0.137. The van der Waals surface area contributed by atoms with Gasteiger partial charge in [-0.15, -0.1) is 0 Å². The molecule has 1 unspecified atom stereocenters. The van der Waals surface area contributed by atoms with Crippen molar-refractivity contribution in [1.29, 1.82) is 5.26 Å². The molecule has 2 aromatic rings. The molecule has 0 bridgehead atoms. The van der Waals surface area contributed by atoms with Crippen molar-refractivity contribution in [2.45, 2.75) is 44.9 Å². The Morgan fingerprint density at radius 3 is 2.49 bits per heavy atom. The molecule has 14 heteroatoms. The SMILES string of the molecule is CC1CN(CCOc2ccc(N3C(=S)N(c4ccc(C#N)c(C(F)(F)F)c4)C(=O)C3(C)C)cc2CCF)CCN1C(=O)O. The summed E-state index contributed by atoms with van der Waals surface area (Å²) in [5, 5.41) is 18.3. The summed E-state index contributed by atoms with van der Waals surface area (Å²) >= 11 is 5.60. The van der Waals surface area contributed by atoms with E-state index >= 15 is 0 Å². The number of ether oxygens (including phenoxy) is 1. The number of aryl methyl sites for hydroxylation is 1. The third kappa shape index (κ3) is 6.37. The van der Waals surface area contributed by atoms with Crippen molar-refractivity contribution < 1.29 is 37.0 Å². The van der Waals surface area contributed by atoms with Crippen LogP contribution in [0.25, 0.3) is 0 Å². The molecule has 0 spiro atoms. The van der Waals surface area contributed by atoms with E-state index < -0.39 is 41.5 Å². The van der Waals surface area contributed by atoms with Gasteiger partial charge in [0.1, 0.15) is 17.9 Å². The number of hydrogen-bond donors (Lipinski definition) is 1. The second-order valence-corrected chi connectivity index (χ2v) is 11.2. The summed E-state index contributed by atoms with van der Waals surface area (Å²) in [6.07, 6.45) is -5.75. The Morgan fingerprint density at radius 2 is 1.88 bits per heavy atom. The van der Waals surface area contributed by atoms with Gasteiger partial charge in [-0.1, -0.05) is 0 Å². The molecule has 2 aliphatic rings. The number of thiocarbonyl (C=S) groups is 1. The Kier molecular flexibility index (Phi) is 9.17. The van der Waals surface area contributed by atoms with Crippen LogP contribution in [0, 0.1) is 11.3 Å². The van der Waals surface area contributed by atoms with Crippen molar-refractivity contribution >= 4 is 40.7 Å². The van der Waals surface area contributed by atoms with Gasteiger partial charge in [0.05, 0.1) is 29.6 Å². The van der Waals surface area contributed by atoms with E-state index in [9.17, 15) is 32.3 Å². The van der Waals surface area contributed by atoms with Crippen LogP contribution in [0.5, 0.6) is 5.75 Å². The van der Waals surface area contributed by atoms with Crippen LogP contribution >= 0.6 is 12.2 Å². The Labute approximate surface area is 251 Å². The molecule has 230 valence electrons. The fourth-order valence-electron chi connectivity index (χ4n) is 5.41. The summed E-state index contributed by atoms with van der Waals surface area (Å²) < 4.78 is 60.4. The first-order valence-corrected chi connectivity index (χ1v) is 13.9. The smallest absolute Gasteiger partial charge is 0.417 e. The zero-order chi connectivity index (χ0) is 31.7. The Hall–Kier alpha value is -3.96. The molecule has 1 atom stereocenters. The number of carbonyl (C=O) groups is 2. The first-order valence-electron chi connectivity index (χ1n) is 13.5. The maximum Gasteiger partial charge on any atom is 0.417 e. The van der Waals surface area contributed by atoms with Gasteiger partial charge >= 0.3 is 12.3 Å². The van der Waals surface area contributed by atoms with E-state index in [4.69, 9.17) is 22.2 Å². The largest absolute Gasteiger partial charge is 0.492 e. The number of carboxylic acid groups (broad SMARTS) is 1. The number of alkyl halides is 4. The highest BCUT2D eigenvalue weighted by atomic mass is 32.1. The van der Waals surface area contributed by atoms with Gasteiger partial charge in [0.15, 0.2) is 5.11 Å². The second kappa shape index (κ2) is 12.3. The minimum absolute atomic E-state index is 0.0146. The minimum Gasteiger partial charge on any atom is -0.492 e. The first kappa shape index (κ1) is 32.0. The van der Waals surface area contributed by atoms with Gasteiger partial charge < -0.3 is 19.6 Å².